The number of nitro benzene ring substituents is 1. The number of furan rings is 1. The van der Waals surface area contributed by atoms with Crippen molar-refractivity contribution in [2.75, 3.05) is 5.32 Å². The number of ether oxygens (including phenoxy) is 1. The average Bonchev–Trinajstić information content (AvgIpc) is 3.26. The minimum Gasteiger partial charge on any atom is -0.481 e. The van der Waals surface area contributed by atoms with Crippen LogP contribution in [0.4, 0.5) is 11.4 Å². The summed E-state index contributed by atoms with van der Waals surface area (Å²) in [5, 5.41) is 16.1. The van der Waals surface area contributed by atoms with Gasteiger partial charge in [0.15, 0.2) is 6.10 Å². The van der Waals surface area contributed by atoms with Crippen LogP contribution in [0.1, 0.15) is 23.0 Å². The van der Waals surface area contributed by atoms with Crippen molar-refractivity contribution < 1.29 is 23.7 Å². The predicted octanol–water partition coefficient (Wildman–Crippen LogP) is 3.52. The van der Waals surface area contributed by atoms with Crippen molar-refractivity contribution in [3.8, 4) is 5.75 Å². The highest BCUT2D eigenvalue weighted by molar-refractivity contribution is 5.96. The van der Waals surface area contributed by atoms with Gasteiger partial charge >= 0.3 is 0 Å². The van der Waals surface area contributed by atoms with Crippen LogP contribution in [-0.2, 0) is 11.3 Å². The van der Waals surface area contributed by atoms with Gasteiger partial charge in [0, 0.05) is 23.4 Å². The number of hydrogen-bond donors (Lipinski definition) is 2. The molecule has 0 aliphatic carbocycles. The van der Waals surface area contributed by atoms with E-state index in [1.807, 2.05) is 0 Å². The van der Waals surface area contributed by atoms with Crippen LogP contribution < -0.4 is 15.4 Å². The Labute approximate surface area is 171 Å². The van der Waals surface area contributed by atoms with Gasteiger partial charge in [-0.1, -0.05) is 0 Å². The lowest BCUT2D eigenvalue weighted by Gasteiger charge is -2.15. The van der Waals surface area contributed by atoms with Crippen molar-refractivity contribution in [2.45, 2.75) is 19.6 Å². The molecule has 0 saturated heterocycles. The van der Waals surface area contributed by atoms with Crippen molar-refractivity contribution in [3.63, 3.8) is 0 Å². The number of nitrogens with one attached hydrogen (secondary N) is 2. The largest absolute Gasteiger partial charge is 0.481 e. The van der Waals surface area contributed by atoms with Crippen LogP contribution in [0.15, 0.2) is 71.3 Å². The molecule has 154 valence electrons. The third-order valence-corrected chi connectivity index (χ3v) is 4.15. The number of nitrogens with zero attached hydrogens (tertiary/aromatic N) is 1. The Morgan fingerprint density at radius 3 is 2.40 bits per heavy atom. The van der Waals surface area contributed by atoms with Crippen molar-refractivity contribution >= 4 is 23.2 Å². The number of non-ortho nitro benzene ring substituents is 1. The molecule has 2 N–H and O–H groups in total. The fourth-order valence-corrected chi connectivity index (χ4v) is 2.54. The lowest BCUT2D eigenvalue weighted by Crippen LogP contribution is -2.30. The predicted molar refractivity (Wildman–Crippen MR) is 108 cm³/mol. The van der Waals surface area contributed by atoms with E-state index in [0.717, 1.165) is 0 Å². The van der Waals surface area contributed by atoms with Gasteiger partial charge in [0.2, 0.25) is 0 Å². The van der Waals surface area contributed by atoms with Crippen LogP contribution in [-0.4, -0.2) is 22.8 Å². The highest BCUT2D eigenvalue weighted by Gasteiger charge is 2.16. The average molecular weight is 409 g/mol. The molecule has 0 bridgehead atoms. The number of benzene rings is 2. The van der Waals surface area contributed by atoms with Gasteiger partial charge in [-0.2, -0.15) is 0 Å². The first-order chi connectivity index (χ1) is 14.4. The van der Waals surface area contributed by atoms with E-state index in [2.05, 4.69) is 10.6 Å². The standard InChI is InChI=1S/C21H19N3O6/c1-14(30-18-10-8-17(9-11-18)24(27)28)20(25)23-16-6-4-15(5-7-16)21(26)22-13-19-3-2-12-29-19/h2-12,14H,13H2,1H3,(H,22,26)(H,23,25). The first-order valence-corrected chi connectivity index (χ1v) is 9.05. The number of carbonyl (C=O) groups is 2. The summed E-state index contributed by atoms with van der Waals surface area (Å²) in [5.74, 6) is 0.323. The van der Waals surface area contributed by atoms with Crippen LogP contribution >= 0.6 is 0 Å². The molecular weight excluding hydrogens is 390 g/mol. The molecule has 3 rings (SSSR count). The van der Waals surface area contributed by atoms with E-state index in [1.54, 1.807) is 43.3 Å². The van der Waals surface area contributed by atoms with Gasteiger partial charge in [-0.3, -0.25) is 19.7 Å². The second-order valence-corrected chi connectivity index (χ2v) is 6.34. The number of anilines is 1. The molecule has 30 heavy (non-hydrogen) atoms. The van der Waals surface area contributed by atoms with Crippen molar-refractivity contribution in [2.24, 2.45) is 0 Å². The first kappa shape index (κ1) is 20.6. The van der Waals surface area contributed by atoms with Crippen LogP contribution in [0.5, 0.6) is 5.75 Å². The van der Waals surface area contributed by atoms with Crippen molar-refractivity contribution in [1.29, 1.82) is 0 Å². The molecular formula is C21H19N3O6. The summed E-state index contributed by atoms with van der Waals surface area (Å²) in [4.78, 5) is 34.6. The first-order valence-electron chi connectivity index (χ1n) is 9.05. The smallest absolute Gasteiger partial charge is 0.269 e. The zero-order valence-electron chi connectivity index (χ0n) is 16.0. The van der Waals surface area contributed by atoms with Gasteiger partial charge < -0.3 is 19.8 Å². The molecule has 0 aliphatic rings. The molecule has 2 aromatic carbocycles. The number of hydrogen-bond acceptors (Lipinski definition) is 6. The molecule has 1 unspecified atom stereocenters. The summed E-state index contributed by atoms with van der Waals surface area (Å²) in [7, 11) is 0. The van der Waals surface area contributed by atoms with E-state index in [-0.39, 0.29) is 18.1 Å². The molecule has 9 heteroatoms. The number of carbonyl (C=O) groups excluding carboxylic acids is 2. The third kappa shape index (κ3) is 5.44. The Bertz CT molecular complexity index is 1010. The van der Waals surface area contributed by atoms with Gasteiger partial charge in [0.05, 0.1) is 17.7 Å². The molecule has 0 radical (unpaired) electrons. The van der Waals surface area contributed by atoms with Gasteiger partial charge in [0.25, 0.3) is 17.5 Å². The minimum absolute atomic E-state index is 0.0623. The number of nitro groups is 1. The maximum absolute atomic E-state index is 12.3. The lowest BCUT2D eigenvalue weighted by atomic mass is 10.2. The summed E-state index contributed by atoms with van der Waals surface area (Å²) in [5.41, 5.74) is 0.879. The van der Waals surface area contributed by atoms with Gasteiger partial charge in [-0.05, 0) is 55.5 Å². The number of amides is 2. The molecule has 0 fully saturated rings. The Morgan fingerprint density at radius 1 is 1.10 bits per heavy atom. The van der Waals surface area contributed by atoms with Gasteiger partial charge in [-0.25, -0.2) is 0 Å². The maximum Gasteiger partial charge on any atom is 0.269 e. The molecule has 1 atom stereocenters. The third-order valence-electron chi connectivity index (χ3n) is 4.15. The Kier molecular flexibility index (Phi) is 6.43. The van der Waals surface area contributed by atoms with Crippen LogP contribution in [0, 0.1) is 10.1 Å². The molecule has 2 amide bonds. The van der Waals surface area contributed by atoms with E-state index < -0.39 is 16.9 Å². The van der Waals surface area contributed by atoms with E-state index in [0.29, 0.717) is 22.8 Å². The lowest BCUT2D eigenvalue weighted by molar-refractivity contribution is -0.384. The monoisotopic (exact) mass is 409 g/mol. The minimum atomic E-state index is -0.831. The zero-order valence-corrected chi connectivity index (χ0v) is 16.0. The van der Waals surface area contributed by atoms with E-state index in [9.17, 15) is 19.7 Å². The molecule has 1 aromatic heterocycles. The molecule has 0 saturated carbocycles. The van der Waals surface area contributed by atoms with Crippen molar-refractivity contribution in [3.05, 3.63) is 88.4 Å². The highest BCUT2D eigenvalue weighted by atomic mass is 16.6. The van der Waals surface area contributed by atoms with Crippen LogP contribution in [0.2, 0.25) is 0 Å². The second-order valence-electron chi connectivity index (χ2n) is 6.34. The maximum atomic E-state index is 12.3. The Morgan fingerprint density at radius 2 is 1.80 bits per heavy atom. The van der Waals surface area contributed by atoms with E-state index >= 15 is 0 Å². The SMILES string of the molecule is CC(Oc1ccc([N+](=O)[O-])cc1)C(=O)Nc1ccc(C(=O)NCc2ccco2)cc1. The fraction of sp³-hybridized carbons (Fsp3) is 0.143. The molecule has 1 heterocycles. The summed E-state index contributed by atoms with van der Waals surface area (Å²) >= 11 is 0. The summed E-state index contributed by atoms with van der Waals surface area (Å²) < 4.78 is 10.7. The highest BCUT2D eigenvalue weighted by Crippen LogP contribution is 2.19. The summed E-state index contributed by atoms with van der Waals surface area (Å²) in [6.45, 7) is 1.84. The summed E-state index contributed by atoms with van der Waals surface area (Å²) in [6.07, 6.45) is 0.702. The van der Waals surface area contributed by atoms with Gasteiger partial charge in [0.1, 0.15) is 11.5 Å². The summed E-state index contributed by atoms with van der Waals surface area (Å²) in [6, 6.07) is 15.4. The number of rotatable bonds is 8. The normalized spacial score (nSPS) is 11.4. The molecule has 0 spiro atoms. The van der Waals surface area contributed by atoms with Crippen LogP contribution in [0.25, 0.3) is 0 Å². The Balaban J connectivity index is 1.51. The Hall–Kier alpha value is -4.14. The van der Waals surface area contributed by atoms with Gasteiger partial charge in [-0.15, -0.1) is 0 Å². The molecule has 3 aromatic rings. The fourth-order valence-electron chi connectivity index (χ4n) is 2.54. The second kappa shape index (κ2) is 9.37. The van der Waals surface area contributed by atoms with Crippen molar-refractivity contribution in [1.82, 2.24) is 5.32 Å². The van der Waals surface area contributed by atoms with E-state index in [1.165, 1.54) is 30.5 Å². The topological polar surface area (TPSA) is 124 Å². The molecule has 9 nitrogen and oxygen atoms in total. The quantitative estimate of drug-likeness (QED) is 0.433. The van der Waals surface area contributed by atoms with Crippen LogP contribution in [0.3, 0.4) is 0 Å². The van der Waals surface area contributed by atoms with E-state index in [4.69, 9.17) is 9.15 Å². The zero-order chi connectivity index (χ0) is 21.5. The molecule has 0 aliphatic heterocycles.